The molecule has 2 aromatic rings. The predicted octanol–water partition coefficient (Wildman–Crippen LogP) is 4.66. The van der Waals surface area contributed by atoms with Crippen molar-refractivity contribution in [1.82, 2.24) is 0 Å². The molecule has 24 heavy (non-hydrogen) atoms. The lowest BCUT2D eigenvalue weighted by atomic mass is 10.1. The second-order valence-corrected chi connectivity index (χ2v) is 5.09. The van der Waals surface area contributed by atoms with Gasteiger partial charge in [-0.3, -0.25) is 4.79 Å². The molecule has 0 N–H and O–H groups in total. The first kappa shape index (κ1) is 17.7. The summed E-state index contributed by atoms with van der Waals surface area (Å²) in [4.78, 5) is 12.0. The molecule has 0 fully saturated rings. The average molecular weight is 332 g/mol. The van der Waals surface area contributed by atoms with E-state index in [0.29, 0.717) is 18.1 Å². The molecule has 2 aromatic carbocycles. The topological polar surface area (TPSA) is 35.5 Å². The number of hydrogen-bond acceptors (Lipinski definition) is 3. The van der Waals surface area contributed by atoms with Crippen LogP contribution in [0.25, 0.3) is 6.08 Å². The largest absolute Gasteiger partial charge is 0.493 e. The van der Waals surface area contributed by atoms with Crippen LogP contribution in [0.2, 0.25) is 0 Å². The van der Waals surface area contributed by atoms with Crippen molar-refractivity contribution in [1.29, 1.82) is 0 Å². The van der Waals surface area contributed by atoms with Gasteiger partial charge >= 0.3 is 0 Å². The maximum atomic E-state index is 13.2. The molecule has 2 rings (SSSR count). The Morgan fingerprint density at radius 3 is 2.54 bits per heavy atom. The number of carbonyl (C=O) groups is 1. The van der Waals surface area contributed by atoms with Crippen LogP contribution in [0.5, 0.6) is 11.5 Å². The number of methoxy groups -OCH3 is 1. The highest BCUT2D eigenvalue weighted by Gasteiger charge is 2.08. The summed E-state index contributed by atoms with van der Waals surface area (Å²) in [5.74, 6) is -1.26. The van der Waals surface area contributed by atoms with Gasteiger partial charge in [-0.25, -0.2) is 8.78 Å². The van der Waals surface area contributed by atoms with Crippen molar-refractivity contribution in [3.63, 3.8) is 0 Å². The summed E-state index contributed by atoms with van der Waals surface area (Å²) < 4.78 is 36.9. The Bertz CT molecular complexity index is 754. The molecule has 126 valence electrons. The van der Waals surface area contributed by atoms with Crippen LogP contribution < -0.4 is 9.47 Å². The highest BCUT2D eigenvalue weighted by molar-refractivity contribution is 6.06. The van der Waals surface area contributed by atoms with E-state index in [1.807, 2.05) is 6.92 Å². The van der Waals surface area contributed by atoms with E-state index in [1.54, 1.807) is 31.4 Å². The first-order chi connectivity index (χ1) is 11.5. The van der Waals surface area contributed by atoms with Crippen molar-refractivity contribution in [3.05, 3.63) is 65.2 Å². The fourth-order valence-corrected chi connectivity index (χ4v) is 2.04. The van der Waals surface area contributed by atoms with Crippen LogP contribution in [0.4, 0.5) is 8.78 Å². The second kappa shape index (κ2) is 8.24. The van der Waals surface area contributed by atoms with Crippen LogP contribution in [0.15, 0.2) is 42.5 Å². The Hall–Kier alpha value is -2.69. The Morgan fingerprint density at radius 2 is 1.88 bits per heavy atom. The van der Waals surface area contributed by atoms with E-state index in [9.17, 15) is 13.6 Å². The minimum atomic E-state index is -1.05. The molecule has 0 aliphatic carbocycles. The van der Waals surface area contributed by atoms with Gasteiger partial charge in [-0.05, 0) is 48.4 Å². The van der Waals surface area contributed by atoms with Gasteiger partial charge in [0.1, 0.15) is 0 Å². The molecular weight excluding hydrogens is 314 g/mol. The number of rotatable bonds is 7. The van der Waals surface area contributed by atoms with E-state index in [4.69, 9.17) is 9.47 Å². The molecule has 0 amide bonds. The molecular formula is C19H18F2O3. The number of halogens is 2. The van der Waals surface area contributed by atoms with Gasteiger partial charge in [0.15, 0.2) is 28.9 Å². The van der Waals surface area contributed by atoms with E-state index < -0.39 is 17.4 Å². The zero-order valence-corrected chi connectivity index (χ0v) is 13.5. The van der Waals surface area contributed by atoms with Gasteiger partial charge < -0.3 is 9.47 Å². The highest BCUT2D eigenvalue weighted by atomic mass is 19.2. The fourth-order valence-electron chi connectivity index (χ4n) is 2.04. The monoisotopic (exact) mass is 332 g/mol. The molecule has 5 heteroatoms. The number of carbonyl (C=O) groups excluding carboxylic acids is 1. The van der Waals surface area contributed by atoms with Crippen LogP contribution in [-0.2, 0) is 0 Å². The molecule has 3 nitrogen and oxygen atoms in total. The molecule has 0 spiro atoms. The van der Waals surface area contributed by atoms with Crippen molar-refractivity contribution >= 4 is 11.9 Å². The van der Waals surface area contributed by atoms with Crippen LogP contribution in [-0.4, -0.2) is 19.5 Å². The molecule has 0 atom stereocenters. The van der Waals surface area contributed by atoms with Crippen LogP contribution >= 0.6 is 0 Å². The molecule has 0 saturated carbocycles. The first-order valence-electron chi connectivity index (χ1n) is 7.53. The highest BCUT2D eigenvalue weighted by Crippen LogP contribution is 2.28. The molecule has 0 heterocycles. The summed E-state index contributed by atoms with van der Waals surface area (Å²) in [6.07, 6.45) is 3.75. The van der Waals surface area contributed by atoms with Crippen LogP contribution in [0, 0.1) is 11.6 Å². The first-order valence-corrected chi connectivity index (χ1v) is 7.53. The number of benzene rings is 2. The Labute approximate surface area is 139 Å². The zero-order valence-electron chi connectivity index (χ0n) is 13.5. The van der Waals surface area contributed by atoms with Gasteiger partial charge in [0.05, 0.1) is 13.7 Å². The maximum absolute atomic E-state index is 13.2. The molecule has 0 aliphatic rings. The Balaban J connectivity index is 2.18. The van der Waals surface area contributed by atoms with Crippen LogP contribution in [0.3, 0.4) is 0 Å². The summed E-state index contributed by atoms with van der Waals surface area (Å²) in [7, 11) is 1.55. The van der Waals surface area contributed by atoms with Gasteiger partial charge in [-0.15, -0.1) is 0 Å². The summed E-state index contributed by atoms with van der Waals surface area (Å²) in [5, 5.41) is 0. The predicted molar refractivity (Wildman–Crippen MR) is 88.5 cm³/mol. The summed E-state index contributed by atoms with van der Waals surface area (Å²) >= 11 is 0. The minimum absolute atomic E-state index is 0.0844. The van der Waals surface area contributed by atoms with E-state index in [0.717, 1.165) is 24.1 Å². The third-order valence-electron chi connectivity index (χ3n) is 3.28. The SMILES string of the molecule is CCCOc1cc(/C=C/C(=O)c2ccc(F)c(F)c2)ccc1OC. The van der Waals surface area contributed by atoms with Crippen molar-refractivity contribution in [2.24, 2.45) is 0 Å². The van der Waals surface area contributed by atoms with E-state index in [-0.39, 0.29) is 5.56 Å². The van der Waals surface area contributed by atoms with Gasteiger partial charge in [0.2, 0.25) is 0 Å². The lowest BCUT2D eigenvalue weighted by Gasteiger charge is -2.10. The second-order valence-electron chi connectivity index (χ2n) is 5.09. The Kier molecular flexibility index (Phi) is 6.07. The molecule has 0 bridgehead atoms. The quantitative estimate of drug-likeness (QED) is 0.546. The molecule has 0 aliphatic heterocycles. The molecule has 0 saturated heterocycles. The maximum Gasteiger partial charge on any atom is 0.185 e. The van der Waals surface area contributed by atoms with E-state index >= 15 is 0 Å². The smallest absolute Gasteiger partial charge is 0.185 e. The average Bonchev–Trinajstić information content (AvgIpc) is 2.60. The standard InChI is InChI=1S/C19H18F2O3/c1-3-10-24-19-11-13(5-9-18(19)23-2)4-8-17(22)14-6-7-15(20)16(21)12-14/h4-9,11-12H,3,10H2,1-2H3/b8-4+. The number of ether oxygens (including phenoxy) is 2. The summed E-state index contributed by atoms with van der Waals surface area (Å²) in [6, 6.07) is 8.32. The lowest BCUT2D eigenvalue weighted by molar-refractivity contribution is 0.104. The third-order valence-corrected chi connectivity index (χ3v) is 3.28. The van der Waals surface area contributed by atoms with Gasteiger partial charge in [-0.2, -0.15) is 0 Å². The van der Waals surface area contributed by atoms with E-state index in [1.165, 1.54) is 12.1 Å². The number of allylic oxidation sites excluding steroid dienone is 1. The van der Waals surface area contributed by atoms with Gasteiger partial charge in [-0.1, -0.05) is 19.1 Å². The number of hydrogen-bond donors (Lipinski definition) is 0. The zero-order chi connectivity index (χ0) is 17.5. The van der Waals surface area contributed by atoms with Gasteiger partial charge in [0, 0.05) is 5.56 Å². The summed E-state index contributed by atoms with van der Waals surface area (Å²) in [5.41, 5.74) is 0.818. The van der Waals surface area contributed by atoms with Crippen molar-refractivity contribution in [2.75, 3.05) is 13.7 Å². The molecule has 0 aromatic heterocycles. The van der Waals surface area contributed by atoms with Crippen molar-refractivity contribution < 1.29 is 23.0 Å². The van der Waals surface area contributed by atoms with Gasteiger partial charge in [0.25, 0.3) is 0 Å². The minimum Gasteiger partial charge on any atom is -0.493 e. The normalized spacial score (nSPS) is 10.8. The molecule has 0 radical (unpaired) electrons. The Morgan fingerprint density at radius 1 is 1.08 bits per heavy atom. The summed E-state index contributed by atoms with van der Waals surface area (Å²) in [6.45, 7) is 2.55. The number of ketones is 1. The van der Waals surface area contributed by atoms with Crippen LogP contribution in [0.1, 0.15) is 29.3 Å². The lowest BCUT2D eigenvalue weighted by Crippen LogP contribution is -1.98. The molecule has 0 unspecified atom stereocenters. The van der Waals surface area contributed by atoms with Crippen molar-refractivity contribution in [2.45, 2.75) is 13.3 Å². The third kappa shape index (κ3) is 4.41. The fraction of sp³-hybridized carbons (Fsp3) is 0.211. The van der Waals surface area contributed by atoms with Crippen molar-refractivity contribution in [3.8, 4) is 11.5 Å². The van der Waals surface area contributed by atoms with E-state index in [2.05, 4.69) is 0 Å².